The van der Waals surface area contributed by atoms with Crippen molar-refractivity contribution in [3.8, 4) is 5.75 Å². The molecule has 2 aliphatic heterocycles. The van der Waals surface area contributed by atoms with Gasteiger partial charge in [-0.25, -0.2) is 8.42 Å². The first-order valence-electron chi connectivity index (χ1n) is 8.86. The van der Waals surface area contributed by atoms with Crippen molar-refractivity contribution in [2.45, 2.75) is 24.8 Å². The molecule has 0 spiro atoms. The summed E-state index contributed by atoms with van der Waals surface area (Å²) in [5, 5.41) is 0.866. The SMILES string of the molecule is COc1ccccc1N1C(SCc2ccc(C)cc2)=N[C@@H]2CS(=O)(=O)C[C@@H]21. The summed E-state index contributed by atoms with van der Waals surface area (Å²) in [6.45, 7) is 2.07. The van der Waals surface area contributed by atoms with Crippen molar-refractivity contribution in [2.75, 3.05) is 23.5 Å². The molecule has 1 saturated heterocycles. The number of amidine groups is 1. The van der Waals surface area contributed by atoms with Crippen molar-refractivity contribution >= 4 is 32.5 Å². The molecule has 0 aliphatic carbocycles. The van der Waals surface area contributed by atoms with Crippen molar-refractivity contribution < 1.29 is 13.2 Å². The van der Waals surface area contributed by atoms with E-state index in [0.717, 1.165) is 22.4 Å². The number of fused-ring (bicyclic) bond motifs is 1. The van der Waals surface area contributed by atoms with E-state index in [2.05, 4.69) is 36.1 Å². The second kappa shape index (κ2) is 7.20. The molecule has 2 aromatic rings. The number of rotatable bonds is 4. The highest BCUT2D eigenvalue weighted by Gasteiger charge is 2.47. The highest BCUT2D eigenvalue weighted by atomic mass is 32.2. The van der Waals surface area contributed by atoms with Crippen molar-refractivity contribution in [2.24, 2.45) is 4.99 Å². The zero-order valence-corrected chi connectivity index (χ0v) is 17.0. The molecule has 7 heteroatoms. The molecule has 0 amide bonds. The van der Waals surface area contributed by atoms with E-state index in [1.165, 1.54) is 11.1 Å². The monoisotopic (exact) mass is 402 g/mol. The van der Waals surface area contributed by atoms with E-state index in [1.54, 1.807) is 18.9 Å². The van der Waals surface area contributed by atoms with Crippen LogP contribution in [0.3, 0.4) is 0 Å². The minimum Gasteiger partial charge on any atom is -0.495 e. The average Bonchev–Trinajstić information content (AvgIpc) is 3.12. The van der Waals surface area contributed by atoms with E-state index >= 15 is 0 Å². The third-order valence-electron chi connectivity index (χ3n) is 4.94. The van der Waals surface area contributed by atoms with E-state index in [1.807, 2.05) is 24.3 Å². The third-order valence-corrected chi connectivity index (χ3v) is 7.68. The Hall–Kier alpha value is -1.99. The van der Waals surface area contributed by atoms with E-state index in [4.69, 9.17) is 9.73 Å². The lowest BCUT2D eigenvalue weighted by Gasteiger charge is -2.27. The number of sulfone groups is 1. The third kappa shape index (κ3) is 3.71. The number of nitrogens with zero attached hydrogens (tertiary/aromatic N) is 2. The van der Waals surface area contributed by atoms with Gasteiger partial charge >= 0.3 is 0 Å². The summed E-state index contributed by atoms with van der Waals surface area (Å²) in [6.07, 6.45) is 0. The second-order valence-corrected chi connectivity index (χ2v) is 10.0. The molecule has 1 fully saturated rings. The number of benzene rings is 2. The summed E-state index contributed by atoms with van der Waals surface area (Å²) in [4.78, 5) is 6.84. The van der Waals surface area contributed by atoms with Gasteiger partial charge < -0.3 is 9.64 Å². The predicted molar refractivity (Wildman–Crippen MR) is 112 cm³/mol. The van der Waals surface area contributed by atoms with Gasteiger partial charge in [0.05, 0.1) is 36.4 Å². The molecule has 142 valence electrons. The molecular weight excluding hydrogens is 380 g/mol. The number of hydrogen-bond acceptors (Lipinski definition) is 6. The Kier molecular flexibility index (Phi) is 4.90. The van der Waals surface area contributed by atoms with Crippen molar-refractivity contribution in [3.05, 3.63) is 59.7 Å². The summed E-state index contributed by atoms with van der Waals surface area (Å²) in [7, 11) is -1.43. The summed E-state index contributed by atoms with van der Waals surface area (Å²) in [6, 6.07) is 15.8. The molecule has 0 aromatic heterocycles. The van der Waals surface area contributed by atoms with Crippen LogP contribution in [-0.2, 0) is 15.6 Å². The molecule has 0 radical (unpaired) electrons. The van der Waals surface area contributed by atoms with Crippen LogP contribution in [0.4, 0.5) is 5.69 Å². The van der Waals surface area contributed by atoms with Gasteiger partial charge in [-0.3, -0.25) is 4.99 Å². The number of thioether (sulfide) groups is 1. The summed E-state index contributed by atoms with van der Waals surface area (Å²) < 4.78 is 29.8. The quantitative estimate of drug-likeness (QED) is 0.786. The number of methoxy groups -OCH3 is 1. The molecule has 2 atom stereocenters. The van der Waals surface area contributed by atoms with Gasteiger partial charge in [-0.2, -0.15) is 0 Å². The fraction of sp³-hybridized carbons (Fsp3) is 0.350. The van der Waals surface area contributed by atoms with E-state index in [0.29, 0.717) is 0 Å². The van der Waals surface area contributed by atoms with Crippen LogP contribution < -0.4 is 9.64 Å². The zero-order chi connectivity index (χ0) is 19.0. The van der Waals surface area contributed by atoms with Gasteiger partial charge in [-0.15, -0.1) is 0 Å². The van der Waals surface area contributed by atoms with Crippen molar-refractivity contribution in [1.82, 2.24) is 0 Å². The van der Waals surface area contributed by atoms with Crippen LogP contribution >= 0.6 is 11.8 Å². The minimum atomic E-state index is -3.06. The van der Waals surface area contributed by atoms with Crippen LogP contribution in [0.1, 0.15) is 11.1 Å². The lowest BCUT2D eigenvalue weighted by molar-refractivity contribution is 0.415. The van der Waals surface area contributed by atoms with Crippen LogP contribution in [-0.4, -0.2) is 44.3 Å². The van der Waals surface area contributed by atoms with Gasteiger partial charge in [0.1, 0.15) is 5.75 Å². The van der Waals surface area contributed by atoms with E-state index in [9.17, 15) is 8.42 Å². The number of para-hydroxylation sites is 2. The first-order chi connectivity index (χ1) is 13.0. The van der Waals surface area contributed by atoms with Gasteiger partial charge in [-0.05, 0) is 24.6 Å². The topological polar surface area (TPSA) is 59.0 Å². The van der Waals surface area contributed by atoms with Crippen molar-refractivity contribution in [1.29, 1.82) is 0 Å². The second-order valence-electron chi connectivity index (χ2n) is 6.94. The van der Waals surface area contributed by atoms with Crippen molar-refractivity contribution in [3.63, 3.8) is 0 Å². The molecule has 4 rings (SSSR count). The summed E-state index contributed by atoms with van der Waals surface area (Å²) >= 11 is 1.65. The number of aliphatic imine (C=N–C) groups is 1. The maximum Gasteiger partial charge on any atom is 0.164 e. The average molecular weight is 403 g/mol. The highest BCUT2D eigenvalue weighted by molar-refractivity contribution is 8.13. The van der Waals surface area contributed by atoms with Gasteiger partial charge in [-0.1, -0.05) is 53.7 Å². The van der Waals surface area contributed by atoms with Crippen LogP contribution in [0.25, 0.3) is 0 Å². The Morgan fingerprint density at radius 2 is 1.89 bits per heavy atom. The first-order valence-corrected chi connectivity index (χ1v) is 11.7. The maximum absolute atomic E-state index is 12.2. The lowest BCUT2D eigenvalue weighted by atomic mass is 10.1. The number of ether oxygens (including phenoxy) is 1. The minimum absolute atomic E-state index is 0.123. The molecule has 2 heterocycles. The predicted octanol–water partition coefficient (Wildman–Crippen LogP) is 3.28. The van der Waals surface area contributed by atoms with E-state index < -0.39 is 9.84 Å². The normalized spacial score (nSPS) is 23.2. The standard InChI is InChI=1S/C20H22N2O3S2/c1-14-7-9-15(10-8-14)11-26-20-21-16-12-27(23,24)13-18(16)22(20)17-5-3-4-6-19(17)25-2/h3-10,16,18H,11-13H2,1-2H3/t16-,18+/m1/s1. The van der Waals surface area contributed by atoms with E-state index in [-0.39, 0.29) is 23.6 Å². The Morgan fingerprint density at radius 3 is 2.63 bits per heavy atom. The molecule has 2 aromatic carbocycles. The highest BCUT2D eigenvalue weighted by Crippen LogP contribution is 2.39. The summed E-state index contributed by atoms with van der Waals surface area (Å²) in [5.41, 5.74) is 3.33. The van der Waals surface area contributed by atoms with Crippen LogP contribution in [0.5, 0.6) is 5.75 Å². The molecular formula is C20H22N2O3S2. The Bertz CT molecular complexity index is 971. The molecule has 27 heavy (non-hydrogen) atoms. The van der Waals surface area contributed by atoms with Crippen LogP contribution in [0.15, 0.2) is 53.5 Å². The van der Waals surface area contributed by atoms with Crippen LogP contribution in [0, 0.1) is 6.92 Å². The zero-order valence-electron chi connectivity index (χ0n) is 15.3. The van der Waals surface area contributed by atoms with Gasteiger partial charge in [0.25, 0.3) is 0 Å². The van der Waals surface area contributed by atoms with Crippen LogP contribution in [0.2, 0.25) is 0 Å². The summed E-state index contributed by atoms with van der Waals surface area (Å²) in [5.74, 6) is 1.77. The largest absolute Gasteiger partial charge is 0.495 e. The number of hydrogen-bond donors (Lipinski definition) is 0. The fourth-order valence-electron chi connectivity index (χ4n) is 3.58. The molecule has 2 aliphatic rings. The first kappa shape index (κ1) is 18.4. The Balaban J connectivity index is 1.64. The molecule has 0 unspecified atom stereocenters. The molecule has 0 saturated carbocycles. The van der Waals surface area contributed by atoms with Gasteiger partial charge in [0.15, 0.2) is 15.0 Å². The Labute approximate surface area is 164 Å². The fourth-order valence-corrected chi connectivity index (χ4v) is 6.49. The molecule has 0 bridgehead atoms. The van der Waals surface area contributed by atoms with Gasteiger partial charge in [0.2, 0.25) is 0 Å². The number of anilines is 1. The lowest BCUT2D eigenvalue weighted by Crippen LogP contribution is -2.39. The van der Waals surface area contributed by atoms with Gasteiger partial charge in [0, 0.05) is 5.75 Å². The molecule has 5 nitrogen and oxygen atoms in total. The number of aryl methyl sites for hydroxylation is 1. The molecule has 0 N–H and O–H groups in total. The maximum atomic E-state index is 12.2. The smallest absolute Gasteiger partial charge is 0.164 e. The Morgan fingerprint density at radius 1 is 1.15 bits per heavy atom.